The van der Waals surface area contributed by atoms with Crippen molar-refractivity contribution >= 4 is 0 Å². The standard InChI is InChI=1S/C14H35N5/c1-2-6-14(18-10-3-7-15)13-19(11-4-8-16)12-5-9-17/h14,18H,2-13,15-17H2,1H3. The van der Waals surface area contributed by atoms with Gasteiger partial charge in [-0.1, -0.05) is 13.3 Å². The Morgan fingerprint density at radius 3 is 2.00 bits per heavy atom. The molecular weight excluding hydrogens is 238 g/mol. The number of nitrogens with one attached hydrogen (secondary N) is 1. The van der Waals surface area contributed by atoms with Gasteiger partial charge in [-0.25, -0.2) is 0 Å². The molecule has 0 amide bonds. The van der Waals surface area contributed by atoms with Crippen molar-refractivity contribution in [1.29, 1.82) is 0 Å². The summed E-state index contributed by atoms with van der Waals surface area (Å²) in [5, 5.41) is 3.62. The molecule has 0 fully saturated rings. The lowest BCUT2D eigenvalue weighted by molar-refractivity contribution is 0.232. The fraction of sp³-hybridized carbons (Fsp3) is 1.00. The molecule has 1 atom stereocenters. The smallest absolute Gasteiger partial charge is 0.0194 e. The van der Waals surface area contributed by atoms with Crippen LogP contribution in [0.15, 0.2) is 0 Å². The normalized spacial score (nSPS) is 13.1. The third kappa shape index (κ3) is 11.3. The Kier molecular flexibility index (Phi) is 14.1. The van der Waals surface area contributed by atoms with Crippen LogP contribution in [0.5, 0.6) is 0 Å². The van der Waals surface area contributed by atoms with E-state index in [9.17, 15) is 0 Å². The average molecular weight is 273 g/mol. The molecule has 1 unspecified atom stereocenters. The molecule has 0 aromatic carbocycles. The van der Waals surface area contributed by atoms with E-state index in [0.29, 0.717) is 6.04 Å². The first-order valence-electron chi connectivity index (χ1n) is 7.84. The van der Waals surface area contributed by atoms with Gasteiger partial charge in [0.2, 0.25) is 0 Å². The third-order valence-corrected chi connectivity index (χ3v) is 3.29. The Hall–Kier alpha value is -0.200. The second-order valence-corrected chi connectivity index (χ2v) is 5.17. The molecule has 0 heterocycles. The quantitative estimate of drug-likeness (QED) is 0.337. The molecule has 0 aromatic heterocycles. The molecule has 19 heavy (non-hydrogen) atoms. The van der Waals surface area contributed by atoms with Gasteiger partial charge in [0.1, 0.15) is 0 Å². The second kappa shape index (κ2) is 14.2. The van der Waals surface area contributed by atoms with Crippen molar-refractivity contribution in [3.8, 4) is 0 Å². The van der Waals surface area contributed by atoms with Crippen LogP contribution in [-0.4, -0.2) is 56.8 Å². The first kappa shape index (κ1) is 18.8. The second-order valence-electron chi connectivity index (χ2n) is 5.17. The van der Waals surface area contributed by atoms with Crippen LogP contribution < -0.4 is 22.5 Å². The van der Waals surface area contributed by atoms with Gasteiger partial charge in [0, 0.05) is 12.6 Å². The maximum Gasteiger partial charge on any atom is 0.0194 e. The van der Waals surface area contributed by atoms with Gasteiger partial charge in [-0.3, -0.25) is 0 Å². The average Bonchev–Trinajstić information content (AvgIpc) is 2.42. The van der Waals surface area contributed by atoms with Crippen LogP contribution in [0, 0.1) is 0 Å². The first-order valence-corrected chi connectivity index (χ1v) is 7.84. The predicted octanol–water partition coefficient (Wildman–Crippen LogP) is 0.0931. The lowest BCUT2D eigenvalue weighted by Crippen LogP contribution is -2.43. The fourth-order valence-electron chi connectivity index (χ4n) is 2.25. The zero-order valence-electron chi connectivity index (χ0n) is 12.7. The van der Waals surface area contributed by atoms with Gasteiger partial charge in [0.25, 0.3) is 0 Å². The van der Waals surface area contributed by atoms with Gasteiger partial charge in [-0.05, 0) is 65.0 Å². The SMILES string of the molecule is CCCC(CN(CCCN)CCCN)NCCCN. The Labute approximate surface area is 119 Å². The number of hydrogen-bond acceptors (Lipinski definition) is 5. The lowest BCUT2D eigenvalue weighted by atomic mass is 10.1. The van der Waals surface area contributed by atoms with Crippen molar-refractivity contribution < 1.29 is 0 Å². The van der Waals surface area contributed by atoms with Gasteiger partial charge in [0.05, 0.1) is 0 Å². The lowest BCUT2D eigenvalue weighted by Gasteiger charge is -2.28. The maximum atomic E-state index is 5.61. The monoisotopic (exact) mass is 273 g/mol. The molecule has 0 saturated carbocycles. The first-order chi connectivity index (χ1) is 9.28. The molecule has 0 spiro atoms. The van der Waals surface area contributed by atoms with Gasteiger partial charge < -0.3 is 27.4 Å². The number of nitrogens with zero attached hydrogens (tertiary/aromatic N) is 1. The van der Waals surface area contributed by atoms with Crippen molar-refractivity contribution in [2.24, 2.45) is 17.2 Å². The molecule has 5 nitrogen and oxygen atoms in total. The van der Waals surface area contributed by atoms with Crippen LogP contribution in [0.1, 0.15) is 39.0 Å². The van der Waals surface area contributed by atoms with E-state index in [1.807, 2.05) is 0 Å². The molecule has 0 aliphatic heterocycles. The minimum Gasteiger partial charge on any atom is -0.330 e. The van der Waals surface area contributed by atoms with Crippen LogP contribution in [0.25, 0.3) is 0 Å². The van der Waals surface area contributed by atoms with E-state index in [1.54, 1.807) is 0 Å². The van der Waals surface area contributed by atoms with Gasteiger partial charge in [0.15, 0.2) is 0 Å². The third-order valence-electron chi connectivity index (χ3n) is 3.29. The summed E-state index contributed by atoms with van der Waals surface area (Å²) in [5.74, 6) is 0. The van der Waals surface area contributed by atoms with E-state index in [0.717, 1.165) is 65.1 Å². The largest absolute Gasteiger partial charge is 0.330 e. The molecule has 116 valence electrons. The summed E-state index contributed by atoms with van der Waals surface area (Å²) < 4.78 is 0. The van der Waals surface area contributed by atoms with Crippen LogP contribution in [0.3, 0.4) is 0 Å². The highest BCUT2D eigenvalue weighted by atomic mass is 15.1. The van der Waals surface area contributed by atoms with Crippen LogP contribution >= 0.6 is 0 Å². The van der Waals surface area contributed by atoms with E-state index in [4.69, 9.17) is 17.2 Å². The molecule has 0 radical (unpaired) electrons. The molecular formula is C14H35N5. The minimum absolute atomic E-state index is 0.562. The molecule has 0 rings (SSSR count). The van der Waals surface area contributed by atoms with E-state index in [2.05, 4.69) is 17.1 Å². The molecule has 0 aliphatic rings. The van der Waals surface area contributed by atoms with E-state index < -0.39 is 0 Å². The molecule has 0 aromatic rings. The van der Waals surface area contributed by atoms with Gasteiger partial charge in [-0.2, -0.15) is 0 Å². The zero-order chi connectivity index (χ0) is 14.3. The highest BCUT2D eigenvalue weighted by Gasteiger charge is 2.12. The summed E-state index contributed by atoms with van der Waals surface area (Å²) in [7, 11) is 0. The fourth-order valence-corrected chi connectivity index (χ4v) is 2.25. The summed E-state index contributed by atoms with van der Waals surface area (Å²) in [6, 6.07) is 0.562. The van der Waals surface area contributed by atoms with E-state index in [-0.39, 0.29) is 0 Å². The van der Waals surface area contributed by atoms with E-state index >= 15 is 0 Å². The Balaban J connectivity index is 4.10. The molecule has 7 N–H and O–H groups in total. The summed E-state index contributed by atoms with van der Waals surface area (Å²) >= 11 is 0. The van der Waals surface area contributed by atoms with Crippen LogP contribution in [0.4, 0.5) is 0 Å². The highest BCUT2D eigenvalue weighted by Crippen LogP contribution is 2.02. The molecule has 5 heteroatoms. The summed E-state index contributed by atoms with van der Waals surface area (Å²) in [5.41, 5.74) is 16.8. The minimum atomic E-state index is 0.562. The summed E-state index contributed by atoms with van der Waals surface area (Å²) in [6.45, 7) is 8.79. The molecule has 0 bridgehead atoms. The zero-order valence-corrected chi connectivity index (χ0v) is 12.7. The van der Waals surface area contributed by atoms with Gasteiger partial charge in [-0.15, -0.1) is 0 Å². The summed E-state index contributed by atoms with van der Waals surface area (Å²) in [4.78, 5) is 2.50. The summed E-state index contributed by atoms with van der Waals surface area (Å²) in [6.07, 6.45) is 5.60. The van der Waals surface area contributed by atoms with Crippen LogP contribution in [0.2, 0.25) is 0 Å². The van der Waals surface area contributed by atoms with Gasteiger partial charge >= 0.3 is 0 Å². The Bertz CT molecular complexity index is 169. The topological polar surface area (TPSA) is 93.3 Å². The molecule has 0 saturated heterocycles. The number of hydrogen-bond donors (Lipinski definition) is 4. The molecule has 0 aliphatic carbocycles. The van der Waals surface area contributed by atoms with Crippen molar-refractivity contribution in [3.05, 3.63) is 0 Å². The van der Waals surface area contributed by atoms with Crippen molar-refractivity contribution in [2.45, 2.75) is 45.1 Å². The number of nitrogens with two attached hydrogens (primary N) is 3. The predicted molar refractivity (Wildman–Crippen MR) is 84.2 cm³/mol. The highest BCUT2D eigenvalue weighted by molar-refractivity contribution is 4.72. The Morgan fingerprint density at radius 1 is 0.947 bits per heavy atom. The van der Waals surface area contributed by atoms with Crippen molar-refractivity contribution in [3.63, 3.8) is 0 Å². The van der Waals surface area contributed by atoms with Crippen molar-refractivity contribution in [1.82, 2.24) is 10.2 Å². The van der Waals surface area contributed by atoms with Crippen LogP contribution in [-0.2, 0) is 0 Å². The van der Waals surface area contributed by atoms with Crippen molar-refractivity contribution in [2.75, 3.05) is 45.8 Å². The number of rotatable bonds is 14. The van der Waals surface area contributed by atoms with E-state index in [1.165, 1.54) is 12.8 Å². The Morgan fingerprint density at radius 2 is 1.53 bits per heavy atom. The maximum absolute atomic E-state index is 5.61.